The highest BCUT2D eigenvalue weighted by Gasteiger charge is 2.27. The van der Waals surface area contributed by atoms with Crippen molar-refractivity contribution in [2.75, 3.05) is 18.4 Å². The van der Waals surface area contributed by atoms with Crippen molar-refractivity contribution in [2.45, 2.75) is 47.0 Å². The van der Waals surface area contributed by atoms with E-state index in [4.69, 9.17) is 5.73 Å². The molecular formula is C26H32N6O3. The van der Waals surface area contributed by atoms with Crippen molar-refractivity contribution < 1.29 is 14.4 Å². The lowest BCUT2D eigenvalue weighted by atomic mass is 9.91. The Hall–Kier alpha value is -3.75. The molecule has 9 heteroatoms. The number of benzene rings is 1. The van der Waals surface area contributed by atoms with Gasteiger partial charge in [-0.05, 0) is 56.2 Å². The number of nitrogens with one attached hydrogen (secondary N) is 1. The quantitative estimate of drug-likeness (QED) is 0.566. The molecule has 35 heavy (non-hydrogen) atoms. The van der Waals surface area contributed by atoms with Gasteiger partial charge in [-0.1, -0.05) is 26.0 Å². The number of carbonyl (C=O) groups is 3. The van der Waals surface area contributed by atoms with Gasteiger partial charge < -0.3 is 16.0 Å². The summed E-state index contributed by atoms with van der Waals surface area (Å²) < 4.78 is 1.58. The monoisotopic (exact) mass is 476 g/mol. The second-order valence-corrected chi connectivity index (χ2v) is 9.67. The van der Waals surface area contributed by atoms with Crippen LogP contribution in [-0.4, -0.2) is 50.3 Å². The second kappa shape index (κ2) is 9.85. The molecule has 1 aliphatic heterocycles. The van der Waals surface area contributed by atoms with Gasteiger partial charge in [0.25, 0.3) is 11.8 Å². The van der Waals surface area contributed by atoms with E-state index in [9.17, 15) is 14.4 Å². The molecule has 1 fully saturated rings. The van der Waals surface area contributed by atoms with E-state index in [0.717, 1.165) is 36.5 Å². The van der Waals surface area contributed by atoms with Crippen molar-refractivity contribution in [3.8, 4) is 0 Å². The number of hydrogen-bond acceptors (Lipinski definition) is 5. The number of likely N-dealkylation sites (tertiary alicyclic amines) is 1. The minimum Gasteiger partial charge on any atom is -0.365 e. The molecule has 2 unspecified atom stereocenters. The van der Waals surface area contributed by atoms with E-state index in [0.29, 0.717) is 35.2 Å². The van der Waals surface area contributed by atoms with Crippen LogP contribution in [0.15, 0.2) is 30.5 Å². The molecule has 0 spiro atoms. The first-order chi connectivity index (χ1) is 16.7. The Bertz CT molecular complexity index is 1290. The van der Waals surface area contributed by atoms with Crippen LogP contribution in [0.25, 0.3) is 5.65 Å². The van der Waals surface area contributed by atoms with E-state index >= 15 is 0 Å². The fourth-order valence-electron chi connectivity index (χ4n) is 5.08. The Balaban J connectivity index is 1.48. The molecule has 0 aliphatic carbocycles. The fraction of sp³-hybridized carbons (Fsp3) is 0.423. The maximum absolute atomic E-state index is 13.3. The average molecular weight is 477 g/mol. The zero-order valence-electron chi connectivity index (χ0n) is 20.7. The van der Waals surface area contributed by atoms with Gasteiger partial charge in [0.15, 0.2) is 5.65 Å². The number of aromatic nitrogens is 3. The molecule has 3 N–H and O–H groups in total. The molecule has 1 aromatic carbocycles. The normalized spacial score (nSPS) is 18.0. The van der Waals surface area contributed by atoms with E-state index in [2.05, 4.69) is 29.2 Å². The van der Waals surface area contributed by atoms with Crippen LogP contribution >= 0.6 is 0 Å². The summed E-state index contributed by atoms with van der Waals surface area (Å²) in [6.07, 6.45) is 3.17. The molecule has 9 nitrogen and oxygen atoms in total. The van der Waals surface area contributed by atoms with Crippen LogP contribution in [-0.2, 0) is 11.2 Å². The Morgan fingerprint density at radius 1 is 1.09 bits per heavy atom. The Morgan fingerprint density at radius 3 is 2.46 bits per heavy atom. The van der Waals surface area contributed by atoms with Crippen molar-refractivity contribution in [3.63, 3.8) is 0 Å². The van der Waals surface area contributed by atoms with E-state index in [-0.39, 0.29) is 23.8 Å². The molecule has 3 aromatic rings. The summed E-state index contributed by atoms with van der Waals surface area (Å²) in [6.45, 7) is 9.50. The van der Waals surface area contributed by atoms with Crippen molar-refractivity contribution in [3.05, 3.63) is 58.5 Å². The minimum absolute atomic E-state index is 0.0513. The highest BCUT2D eigenvalue weighted by molar-refractivity contribution is 6.04. The van der Waals surface area contributed by atoms with E-state index < -0.39 is 5.91 Å². The average Bonchev–Trinajstić information content (AvgIpc) is 3.22. The molecule has 3 amide bonds. The highest BCUT2D eigenvalue weighted by Crippen LogP contribution is 2.25. The Labute approximate surface area is 204 Å². The maximum Gasteiger partial charge on any atom is 0.255 e. The molecule has 0 radical (unpaired) electrons. The molecule has 2 aromatic heterocycles. The van der Waals surface area contributed by atoms with E-state index in [1.165, 1.54) is 6.20 Å². The number of carbonyl (C=O) groups excluding carboxylic acids is 3. The predicted octanol–water partition coefficient (Wildman–Crippen LogP) is 3.13. The lowest BCUT2D eigenvalue weighted by molar-refractivity contribution is -0.116. The number of anilines is 1. The maximum atomic E-state index is 13.3. The summed E-state index contributed by atoms with van der Waals surface area (Å²) in [6, 6.07) is 7.16. The van der Waals surface area contributed by atoms with Gasteiger partial charge in [0, 0.05) is 30.9 Å². The summed E-state index contributed by atoms with van der Waals surface area (Å²) in [5, 5.41) is 7.16. The van der Waals surface area contributed by atoms with Crippen LogP contribution in [0, 0.1) is 25.7 Å². The van der Waals surface area contributed by atoms with Gasteiger partial charge in [-0.3, -0.25) is 14.4 Å². The van der Waals surface area contributed by atoms with Gasteiger partial charge in [-0.25, -0.2) is 9.50 Å². The number of nitrogens with two attached hydrogens (primary N) is 1. The Morgan fingerprint density at radius 2 is 1.77 bits per heavy atom. The van der Waals surface area contributed by atoms with Crippen LogP contribution in [0.5, 0.6) is 0 Å². The minimum atomic E-state index is -0.583. The number of fused-ring (bicyclic) bond motifs is 1. The smallest absolute Gasteiger partial charge is 0.255 e. The molecule has 0 saturated carbocycles. The molecule has 184 valence electrons. The van der Waals surface area contributed by atoms with Crippen molar-refractivity contribution in [1.82, 2.24) is 19.5 Å². The zero-order chi connectivity index (χ0) is 25.3. The third kappa shape index (κ3) is 5.03. The number of aryl methyl sites for hydroxylation is 2. The summed E-state index contributed by atoms with van der Waals surface area (Å²) >= 11 is 0. The van der Waals surface area contributed by atoms with Crippen LogP contribution in [0.2, 0.25) is 0 Å². The summed E-state index contributed by atoms with van der Waals surface area (Å²) in [5.41, 5.74) is 9.52. The number of piperidine rings is 1. The summed E-state index contributed by atoms with van der Waals surface area (Å²) in [4.78, 5) is 44.2. The number of amides is 3. The van der Waals surface area contributed by atoms with Crippen molar-refractivity contribution in [2.24, 2.45) is 17.6 Å². The van der Waals surface area contributed by atoms with E-state index in [1.807, 2.05) is 30.9 Å². The molecule has 0 bridgehead atoms. The van der Waals surface area contributed by atoms with Crippen LogP contribution in [0.3, 0.4) is 0 Å². The SMILES string of the molecule is Cc1nc2c(C(N)=O)cnn2c(C)c1CCC(=O)Nc1ccccc1C(=O)N1CC(C)CC(C)C1. The standard InChI is InChI=1S/C26H32N6O3/c1-15-11-16(2)14-31(13-15)26(35)20-7-5-6-8-22(20)30-23(33)10-9-19-17(3)29-25-21(24(27)34)12-28-32(25)18(19)4/h5-8,12,15-16H,9-11,13-14H2,1-4H3,(H2,27,34)(H,30,33). The largest absolute Gasteiger partial charge is 0.365 e. The molecule has 1 saturated heterocycles. The molecule has 1 aliphatic rings. The van der Waals surface area contributed by atoms with Gasteiger partial charge in [-0.2, -0.15) is 5.10 Å². The van der Waals surface area contributed by atoms with Crippen molar-refractivity contribution in [1.29, 1.82) is 0 Å². The number of nitrogens with zero attached hydrogens (tertiary/aromatic N) is 4. The first-order valence-electron chi connectivity index (χ1n) is 12.0. The first kappa shape index (κ1) is 24.4. The van der Waals surface area contributed by atoms with Gasteiger partial charge in [0.1, 0.15) is 5.56 Å². The molecular weight excluding hydrogens is 444 g/mol. The highest BCUT2D eigenvalue weighted by atomic mass is 16.2. The van der Waals surface area contributed by atoms with Gasteiger partial charge in [-0.15, -0.1) is 0 Å². The Kier molecular flexibility index (Phi) is 6.86. The first-order valence-corrected chi connectivity index (χ1v) is 12.0. The third-order valence-electron chi connectivity index (χ3n) is 6.66. The zero-order valence-corrected chi connectivity index (χ0v) is 20.7. The number of hydrogen-bond donors (Lipinski definition) is 2. The van der Waals surface area contributed by atoms with Gasteiger partial charge in [0.2, 0.25) is 5.91 Å². The van der Waals surface area contributed by atoms with Crippen LogP contribution in [0.1, 0.15) is 64.4 Å². The lowest BCUT2D eigenvalue weighted by Gasteiger charge is -2.35. The number of primary amides is 1. The molecule has 4 rings (SSSR count). The van der Waals surface area contributed by atoms with Crippen LogP contribution in [0.4, 0.5) is 5.69 Å². The third-order valence-corrected chi connectivity index (χ3v) is 6.66. The fourth-order valence-corrected chi connectivity index (χ4v) is 5.08. The lowest BCUT2D eigenvalue weighted by Crippen LogP contribution is -2.42. The number of para-hydroxylation sites is 1. The van der Waals surface area contributed by atoms with Crippen molar-refractivity contribution >= 4 is 29.1 Å². The van der Waals surface area contributed by atoms with Crippen LogP contribution < -0.4 is 11.1 Å². The second-order valence-electron chi connectivity index (χ2n) is 9.67. The number of rotatable bonds is 6. The topological polar surface area (TPSA) is 123 Å². The summed E-state index contributed by atoms with van der Waals surface area (Å²) in [7, 11) is 0. The predicted molar refractivity (Wildman–Crippen MR) is 133 cm³/mol. The van der Waals surface area contributed by atoms with Gasteiger partial charge >= 0.3 is 0 Å². The van der Waals surface area contributed by atoms with E-state index in [1.54, 1.807) is 16.6 Å². The molecule has 2 atom stereocenters. The van der Waals surface area contributed by atoms with Gasteiger partial charge in [0.05, 0.1) is 17.4 Å². The molecule has 3 heterocycles. The summed E-state index contributed by atoms with van der Waals surface area (Å²) in [5.74, 6) is 0.0824.